The number of carbonyl (C=O) groups is 1. The van der Waals surface area contributed by atoms with Crippen molar-refractivity contribution < 1.29 is 4.79 Å². The minimum Gasteiger partial charge on any atom is -0.338 e. The van der Waals surface area contributed by atoms with Crippen molar-refractivity contribution in [1.29, 1.82) is 5.26 Å². The second-order valence-electron chi connectivity index (χ2n) is 5.52. The van der Waals surface area contributed by atoms with Gasteiger partial charge in [0.1, 0.15) is 6.04 Å². The minimum atomic E-state index is -0.270. The summed E-state index contributed by atoms with van der Waals surface area (Å²) >= 11 is 0. The number of nitriles is 1. The molecule has 0 aromatic carbocycles. The van der Waals surface area contributed by atoms with Gasteiger partial charge in [0.2, 0.25) is 5.91 Å². The maximum Gasteiger partial charge on any atom is 0.241 e. The maximum absolute atomic E-state index is 12.3. The quantitative estimate of drug-likeness (QED) is 0.749. The lowest BCUT2D eigenvalue weighted by Crippen LogP contribution is -2.66. The van der Waals surface area contributed by atoms with E-state index in [1.807, 2.05) is 7.05 Å². The van der Waals surface area contributed by atoms with E-state index in [-0.39, 0.29) is 23.9 Å². The van der Waals surface area contributed by atoms with Gasteiger partial charge < -0.3 is 4.90 Å². The molecule has 0 aliphatic carbocycles. The summed E-state index contributed by atoms with van der Waals surface area (Å²) in [6.07, 6.45) is 1.28. The molecule has 1 fully saturated rings. The van der Waals surface area contributed by atoms with Crippen molar-refractivity contribution in [2.75, 3.05) is 13.6 Å². The molecule has 0 spiro atoms. The van der Waals surface area contributed by atoms with Crippen LogP contribution in [0.15, 0.2) is 0 Å². The molecule has 0 saturated carbocycles. The average molecular weight is 237 g/mol. The van der Waals surface area contributed by atoms with Crippen LogP contribution in [0.3, 0.4) is 0 Å². The second kappa shape index (κ2) is 5.05. The lowest BCUT2D eigenvalue weighted by Gasteiger charge is -2.50. The molecule has 0 N–H and O–H groups in total. The Balaban J connectivity index is 3.00. The molecular formula is C13H23N3O. The molecule has 96 valence electrons. The van der Waals surface area contributed by atoms with Crippen LogP contribution in [0.4, 0.5) is 0 Å². The van der Waals surface area contributed by atoms with Crippen molar-refractivity contribution in [2.24, 2.45) is 0 Å². The zero-order valence-corrected chi connectivity index (χ0v) is 11.5. The number of carbonyl (C=O) groups excluding carboxylic acids is 1. The van der Waals surface area contributed by atoms with E-state index >= 15 is 0 Å². The Kier molecular flexibility index (Phi) is 4.16. The van der Waals surface area contributed by atoms with Gasteiger partial charge in [-0.1, -0.05) is 6.92 Å². The highest BCUT2D eigenvalue weighted by Crippen LogP contribution is 2.27. The summed E-state index contributed by atoms with van der Waals surface area (Å²) in [7, 11) is 1.83. The van der Waals surface area contributed by atoms with Gasteiger partial charge in [-0.3, -0.25) is 9.69 Å². The van der Waals surface area contributed by atoms with Gasteiger partial charge in [-0.2, -0.15) is 5.26 Å². The first kappa shape index (κ1) is 14.0. The summed E-state index contributed by atoms with van der Waals surface area (Å²) in [5, 5.41) is 8.88. The van der Waals surface area contributed by atoms with Gasteiger partial charge in [0.05, 0.1) is 12.5 Å². The Morgan fingerprint density at radius 1 is 1.59 bits per heavy atom. The van der Waals surface area contributed by atoms with E-state index in [4.69, 9.17) is 5.26 Å². The third kappa shape index (κ3) is 2.61. The van der Waals surface area contributed by atoms with Crippen molar-refractivity contribution in [3.8, 4) is 6.07 Å². The maximum atomic E-state index is 12.3. The number of hydrogen-bond acceptors (Lipinski definition) is 3. The van der Waals surface area contributed by atoms with Crippen molar-refractivity contribution in [2.45, 2.75) is 58.2 Å². The molecule has 1 heterocycles. The SMILES string of the molecule is CCC(C)N1CC(C)(C)N(C)C(=O)C1CC#N. The molecule has 2 atom stereocenters. The van der Waals surface area contributed by atoms with E-state index in [1.165, 1.54) is 0 Å². The molecule has 4 heteroatoms. The molecule has 1 saturated heterocycles. The highest BCUT2D eigenvalue weighted by Gasteiger charge is 2.43. The van der Waals surface area contributed by atoms with Gasteiger partial charge >= 0.3 is 0 Å². The van der Waals surface area contributed by atoms with Crippen molar-refractivity contribution in [1.82, 2.24) is 9.80 Å². The Morgan fingerprint density at radius 3 is 2.65 bits per heavy atom. The molecule has 0 aromatic heterocycles. The summed E-state index contributed by atoms with van der Waals surface area (Å²) in [4.78, 5) is 16.3. The third-order valence-electron chi connectivity index (χ3n) is 3.94. The Bertz CT molecular complexity index is 332. The predicted molar refractivity (Wildman–Crippen MR) is 67.3 cm³/mol. The molecule has 0 aromatic rings. The van der Waals surface area contributed by atoms with Gasteiger partial charge in [0.15, 0.2) is 0 Å². The molecule has 0 radical (unpaired) electrons. The summed E-state index contributed by atoms with van der Waals surface area (Å²) in [6, 6.07) is 2.20. The highest BCUT2D eigenvalue weighted by molar-refractivity contribution is 5.83. The summed E-state index contributed by atoms with van der Waals surface area (Å²) in [5.74, 6) is 0.0723. The van der Waals surface area contributed by atoms with Crippen LogP contribution >= 0.6 is 0 Å². The fourth-order valence-corrected chi connectivity index (χ4v) is 2.32. The number of rotatable bonds is 3. The number of hydrogen-bond donors (Lipinski definition) is 0. The predicted octanol–water partition coefficient (Wildman–Crippen LogP) is 1.62. The summed E-state index contributed by atoms with van der Waals surface area (Å²) < 4.78 is 0. The largest absolute Gasteiger partial charge is 0.338 e. The molecule has 1 aliphatic heterocycles. The zero-order chi connectivity index (χ0) is 13.2. The third-order valence-corrected chi connectivity index (χ3v) is 3.94. The molecule has 4 nitrogen and oxygen atoms in total. The van der Waals surface area contributed by atoms with Crippen molar-refractivity contribution in [3.05, 3.63) is 0 Å². The van der Waals surface area contributed by atoms with Gasteiger partial charge in [0, 0.05) is 25.2 Å². The summed E-state index contributed by atoms with van der Waals surface area (Å²) in [5.41, 5.74) is -0.160. The standard InChI is InChI=1S/C13H23N3O/c1-6-10(2)16-9-13(3,4)15(5)12(17)11(16)7-8-14/h10-11H,6-7,9H2,1-5H3. The Morgan fingerprint density at radius 2 is 2.18 bits per heavy atom. The summed E-state index contributed by atoms with van der Waals surface area (Å²) in [6.45, 7) is 9.21. The first-order valence-electron chi connectivity index (χ1n) is 6.25. The van der Waals surface area contributed by atoms with E-state index < -0.39 is 0 Å². The molecule has 0 bridgehead atoms. The first-order valence-corrected chi connectivity index (χ1v) is 6.25. The van der Waals surface area contributed by atoms with Gasteiger partial charge in [-0.05, 0) is 27.2 Å². The fraction of sp³-hybridized carbons (Fsp3) is 0.846. The average Bonchev–Trinajstić information content (AvgIpc) is 2.29. The second-order valence-corrected chi connectivity index (χ2v) is 5.52. The van der Waals surface area contributed by atoms with Crippen molar-refractivity contribution in [3.63, 3.8) is 0 Å². The van der Waals surface area contributed by atoms with Crippen LogP contribution in [-0.4, -0.2) is 46.9 Å². The van der Waals surface area contributed by atoms with Crippen LogP contribution in [-0.2, 0) is 4.79 Å². The molecule has 1 amide bonds. The zero-order valence-electron chi connectivity index (χ0n) is 11.5. The number of likely N-dealkylation sites (N-methyl/N-ethyl adjacent to an activating group) is 1. The van der Waals surface area contributed by atoms with E-state index in [0.29, 0.717) is 6.04 Å². The monoisotopic (exact) mass is 237 g/mol. The number of nitrogens with zero attached hydrogens (tertiary/aromatic N) is 3. The van der Waals surface area contributed by atoms with Crippen molar-refractivity contribution >= 4 is 5.91 Å². The van der Waals surface area contributed by atoms with Gasteiger partial charge in [-0.25, -0.2) is 0 Å². The van der Waals surface area contributed by atoms with Crippen LogP contribution in [0.5, 0.6) is 0 Å². The van der Waals surface area contributed by atoms with E-state index in [1.54, 1.807) is 4.90 Å². The molecular weight excluding hydrogens is 214 g/mol. The van der Waals surface area contributed by atoms with Crippen LogP contribution in [0.1, 0.15) is 40.5 Å². The van der Waals surface area contributed by atoms with E-state index in [2.05, 4.69) is 38.7 Å². The lowest BCUT2D eigenvalue weighted by molar-refractivity contribution is -0.150. The first-order chi connectivity index (χ1) is 7.85. The highest BCUT2D eigenvalue weighted by atomic mass is 16.2. The Labute approximate surface area is 104 Å². The molecule has 2 unspecified atom stereocenters. The lowest BCUT2D eigenvalue weighted by atomic mass is 9.92. The van der Waals surface area contributed by atoms with Crippen LogP contribution in [0.25, 0.3) is 0 Å². The Hall–Kier alpha value is -1.08. The number of amides is 1. The molecule has 1 rings (SSSR count). The smallest absolute Gasteiger partial charge is 0.241 e. The molecule has 17 heavy (non-hydrogen) atoms. The van der Waals surface area contributed by atoms with E-state index in [0.717, 1.165) is 13.0 Å². The van der Waals surface area contributed by atoms with E-state index in [9.17, 15) is 4.79 Å². The normalized spacial score (nSPS) is 26.7. The minimum absolute atomic E-state index is 0.0723. The van der Waals surface area contributed by atoms with Crippen LogP contribution in [0, 0.1) is 11.3 Å². The topological polar surface area (TPSA) is 47.3 Å². The molecule has 1 aliphatic rings. The fourth-order valence-electron chi connectivity index (χ4n) is 2.32. The van der Waals surface area contributed by atoms with Crippen LogP contribution < -0.4 is 0 Å². The van der Waals surface area contributed by atoms with Crippen LogP contribution in [0.2, 0.25) is 0 Å². The van der Waals surface area contributed by atoms with Gasteiger partial charge in [-0.15, -0.1) is 0 Å². The van der Waals surface area contributed by atoms with Gasteiger partial charge in [0.25, 0.3) is 0 Å². The number of piperazine rings is 1.